The fourth-order valence-corrected chi connectivity index (χ4v) is 1.79. The molecule has 0 atom stereocenters. The molecule has 0 fully saturated rings. The highest BCUT2D eigenvalue weighted by Crippen LogP contribution is 2.29. The third kappa shape index (κ3) is 3.08. The molecule has 19 heavy (non-hydrogen) atoms. The van der Waals surface area contributed by atoms with Gasteiger partial charge in [0.05, 0.1) is 0 Å². The maximum atomic E-state index is 13.6. The van der Waals surface area contributed by atoms with Crippen molar-refractivity contribution in [1.82, 2.24) is 4.98 Å². The Morgan fingerprint density at radius 3 is 2.79 bits per heavy atom. The van der Waals surface area contributed by atoms with E-state index >= 15 is 0 Å². The largest absolute Gasteiger partial charge is 0.477 e. The van der Waals surface area contributed by atoms with E-state index in [2.05, 4.69) is 20.9 Å². The van der Waals surface area contributed by atoms with Crippen LogP contribution in [-0.4, -0.2) is 16.1 Å². The van der Waals surface area contributed by atoms with Crippen molar-refractivity contribution in [3.8, 4) is 11.5 Å². The standard InChI is InChI=1S/C13H9BrFNO3/c1-7-4-11(9(6-16-7)13(17)18)19-12-5-8(14)2-3-10(12)15/h2-6H,1H3,(H,17,18). The van der Waals surface area contributed by atoms with Crippen LogP contribution in [0.25, 0.3) is 0 Å². The van der Waals surface area contributed by atoms with Crippen molar-refractivity contribution in [2.75, 3.05) is 0 Å². The van der Waals surface area contributed by atoms with Gasteiger partial charge in [0.1, 0.15) is 11.3 Å². The summed E-state index contributed by atoms with van der Waals surface area (Å²) < 4.78 is 19.5. The molecule has 2 rings (SSSR count). The Kier molecular flexibility index (Phi) is 3.80. The summed E-state index contributed by atoms with van der Waals surface area (Å²) in [6, 6.07) is 5.63. The summed E-state index contributed by atoms with van der Waals surface area (Å²) in [5.41, 5.74) is 0.459. The Morgan fingerprint density at radius 2 is 2.11 bits per heavy atom. The van der Waals surface area contributed by atoms with Gasteiger partial charge in [0.25, 0.3) is 0 Å². The molecule has 0 aliphatic rings. The molecule has 1 aromatic carbocycles. The molecule has 2 aromatic rings. The number of ether oxygens (including phenoxy) is 1. The van der Waals surface area contributed by atoms with Gasteiger partial charge in [-0.25, -0.2) is 9.18 Å². The van der Waals surface area contributed by atoms with E-state index in [1.54, 1.807) is 6.92 Å². The van der Waals surface area contributed by atoms with Gasteiger partial charge in [-0.05, 0) is 25.1 Å². The minimum absolute atomic E-state index is 0.0528. The third-order valence-corrected chi connectivity index (χ3v) is 2.84. The Morgan fingerprint density at radius 1 is 1.37 bits per heavy atom. The second kappa shape index (κ2) is 5.36. The van der Waals surface area contributed by atoms with Crippen molar-refractivity contribution in [2.45, 2.75) is 6.92 Å². The smallest absolute Gasteiger partial charge is 0.341 e. The fourth-order valence-electron chi connectivity index (χ4n) is 1.45. The molecule has 0 spiro atoms. The maximum absolute atomic E-state index is 13.6. The number of aromatic carboxylic acids is 1. The molecule has 4 nitrogen and oxygen atoms in total. The lowest BCUT2D eigenvalue weighted by molar-refractivity contribution is 0.0693. The molecule has 0 aliphatic heterocycles. The van der Waals surface area contributed by atoms with Crippen molar-refractivity contribution >= 4 is 21.9 Å². The number of carboxylic acids is 1. The zero-order valence-corrected chi connectivity index (χ0v) is 11.4. The van der Waals surface area contributed by atoms with Gasteiger partial charge in [-0.1, -0.05) is 15.9 Å². The Balaban J connectivity index is 2.45. The first kappa shape index (κ1) is 13.5. The van der Waals surface area contributed by atoms with Crippen LogP contribution in [0.3, 0.4) is 0 Å². The number of aryl methyl sites for hydroxylation is 1. The summed E-state index contributed by atoms with van der Waals surface area (Å²) in [4.78, 5) is 14.9. The summed E-state index contributed by atoms with van der Waals surface area (Å²) in [7, 11) is 0. The van der Waals surface area contributed by atoms with Gasteiger partial charge >= 0.3 is 5.97 Å². The van der Waals surface area contributed by atoms with E-state index in [-0.39, 0.29) is 17.1 Å². The van der Waals surface area contributed by atoms with E-state index in [4.69, 9.17) is 9.84 Å². The second-order valence-corrected chi connectivity index (χ2v) is 4.72. The van der Waals surface area contributed by atoms with Gasteiger partial charge in [0.15, 0.2) is 11.6 Å². The zero-order chi connectivity index (χ0) is 14.0. The number of nitrogens with zero attached hydrogens (tertiary/aromatic N) is 1. The van der Waals surface area contributed by atoms with E-state index in [9.17, 15) is 9.18 Å². The monoisotopic (exact) mass is 325 g/mol. The molecule has 0 bridgehead atoms. The van der Waals surface area contributed by atoms with Crippen LogP contribution in [0.1, 0.15) is 16.1 Å². The van der Waals surface area contributed by atoms with Crippen LogP contribution in [0.5, 0.6) is 11.5 Å². The fraction of sp³-hybridized carbons (Fsp3) is 0.0769. The van der Waals surface area contributed by atoms with E-state index in [0.717, 1.165) is 0 Å². The van der Waals surface area contributed by atoms with Gasteiger partial charge < -0.3 is 9.84 Å². The molecule has 6 heteroatoms. The number of hydrogen-bond donors (Lipinski definition) is 1. The number of carbonyl (C=O) groups is 1. The normalized spacial score (nSPS) is 10.3. The summed E-state index contributed by atoms with van der Waals surface area (Å²) in [6.07, 6.45) is 1.18. The van der Waals surface area contributed by atoms with Crippen molar-refractivity contribution in [1.29, 1.82) is 0 Å². The lowest BCUT2D eigenvalue weighted by Crippen LogP contribution is -2.02. The lowest BCUT2D eigenvalue weighted by Gasteiger charge is -2.10. The van der Waals surface area contributed by atoms with Gasteiger partial charge in [0, 0.05) is 22.4 Å². The minimum Gasteiger partial charge on any atom is -0.477 e. The van der Waals surface area contributed by atoms with Gasteiger partial charge in [-0.2, -0.15) is 0 Å². The molecule has 1 N–H and O–H groups in total. The third-order valence-electron chi connectivity index (χ3n) is 2.35. The lowest BCUT2D eigenvalue weighted by atomic mass is 10.2. The second-order valence-electron chi connectivity index (χ2n) is 3.80. The van der Waals surface area contributed by atoms with Crippen LogP contribution in [0.2, 0.25) is 0 Å². The van der Waals surface area contributed by atoms with Crippen molar-refractivity contribution in [3.05, 3.63) is 52.0 Å². The molecule has 0 amide bonds. The molecule has 1 aromatic heterocycles. The minimum atomic E-state index is -1.18. The van der Waals surface area contributed by atoms with E-state index < -0.39 is 11.8 Å². The summed E-state index contributed by atoms with van der Waals surface area (Å²) >= 11 is 3.20. The molecule has 98 valence electrons. The predicted molar refractivity (Wildman–Crippen MR) is 70.1 cm³/mol. The quantitative estimate of drug-likeness (QED) is 0.932. The first-order valence-electron chi connectivity index (χ1n) is 5.30. The molecular formula is C13H9BrFNO3. The summed E-state index contributed by atoms with van der Waals surface area (Å²) in [6.45, 7) is 1.69. The van der Waals surface area contributed by atoms with E-state index in [0.29, 0.717) is 10.2 Å². The highest BCUT2D eigenvalue weighted by atomic mass is 79.9. The van der Waals surface area contributed by atoms with Crippen molar-refractivity contribution < 1.29 is 19.0 Å². The van der Waals surface area contributed by atoms with Crippen LogP contribution in [0.4, 0.5) is 4.39 Å². The number of halogens is 2. The van der Waals surface area contributed by atoms with Gasteiger partial charge in [0.2, 0.25) is 0 Å². The van der Waals surface area contributed by atoms with Crippen molar-refractivity contribution in [2.24, 2.45) is 0 Å². The summed E-state index contributed by atoms with van der Waals surface area (Å²) in [5.74, 6) is -1.76. The van der Waals surface area contributed by atoms with Crippen LogP contribution < -0.4 is 4.74 Å². The zero-order valence-electron chi connectivity index (χ0n) is 9.85. The Labute approximate surface area is 117 Å². The Hall–Kier alpha value is -1.95. The number of rotatable bonds is 3. The average Bonchev–Trinajstić information content (AvgIpc) is 2.33. The number of carboxylic acid groups (broad SMARTS) is 1. The van der Waals surface area contributed by atoms with Gasteiger partial charge in [-0.15, -0.1) is 0 Å². The molecular weight excluding hydrogens is 317 g/mol. The van der Waals surface area contributed by atoms with Gasteiger partial charge in [-0.3, -0.25) is 4.98 Å². The molecule has 1 heterocycles. The van der Waals surface area contributed by atoms with Crippen LogP contribution in [-0.2, 0) is 0 Å². The highest BCUT2D eigenvalue weighted by Gasteiger charge is 2.15. The van der Waals surface area contributed by atoms with E-state index in [1.165, 1.54) is 30.5 Å². The number of benzene rings is 1. The molecule has 0 saturated heterocycles. The number of hydrogen-bond acceptors (Lipinski definition) is 3. The highest BCUT2D eigenvalue weighted by molar-refractivity contribution is 9.10. The first-order chi connectivity index (χ1) is 8.97. The topological polar surface area (TPSA) is 59.4 Å². The summed E-state index contributed by atoms with van der Waals surface area (Å²) in [5, 5.41) is 9.04. The Bertz CT molecular complexity index is 646. The first-order valence-corrected chi connectivity index (χ1v) is 6.09. The molecule has 0 radical (unpaired) electrons. The number of pyridine rings is 1. The average molecular weight is 326 g/mol. The van der Waals surface area contributed by atoms with Crippen LogP contribution in [0.15, 0.2) is 34.9 Å². The van der Waals surface area contributed by atoms with Crippen molar-refractivity contribution in [3.63, 3.8) is 0 Å². The van der Waals surface area contributed by atoms with Crippen LogP contribution >= 0.6 is 15.9 Å². The molecule has 0 aliphatic carbocycles. The number of aromatic nitrogens is 1. The predicted octanol–water partition coefficient (Wildman–Crippen LogP) is 3.78. The van der Waals surface area contributed by atoms with Crippen LogP contribution in [0, 0.1) is 12.7 Å². The SMILES string of the molecule is Cc1cc(Oc2cc(Br)ccc2F)c(C(=O)O)cn1. The maximum Gasteiger partial charge on any atom is 0.341 e. The van der Waals surface area contributed by atoms with E-state index in [1.807, 2.05) is 0 Å². The molecule has 0 saturated carbocycles. The molecule has 0 unspecified atom stereocenters.